The van der Waals surface area contributed by atoms with Crippen molar-refractivity contribution < 1.29 is 28.3 Å². The van der Waals surface area contributed by atoms with E-state index in [0.29, 0.717) is 53.2 Å². The van der Waals surface area contributed by atoms with Crippen molar-refractivity contribution in [1.29, 1.82) is 0 Å². The summed E-state index contributed by atoms with van der Waals surface area (Å²) in [6, 6.07) is 32.5. The number of benzene rings is 4. The topological polar surface area (TPSA) is 119 Å². The molecule has 3 amide bonds. The molecule has 9 nitrogen and oxygen atoms in total. The minimum atomic E-state index is -0.528. The minimum Gasteiger partial charge on any atom is -0.486 e. The van der Waals surface area contributed by atoms with E-state index in [1.807, 2.05) is 62.4 Å². The molecule has 0 bridgehead atoms. The van der Waals surface area contributed by atoms with E-state index in [4.69, 9.17) is 13.9 Å². The summed E-state index contributed by atoms with van der Waals surface area (Å²) in [6.07, 6.45) is 1.50. The maximum absolute atomic E-state index is 13.5. The molecule has 0 radical (unpaired) electrons. The van der Waals surface area contributed by atoms with Gasteiger partial charge in [-0.2, -0.15) is 0 Å². The third-order valence-corrected chi connectivity index (χ3v) is 8.49. The average Bonchev–Trinajstić information content (AvgIpc) is 3.58. The minimum absolute atomic E-state index is 0.0107. The van der Waals surface area contributed by atoms with Crippen molar-refractivity contribution in [3.63, 3.8) is 0 Å². The lowest BCUT2D eigenvalue weighted by Crippen LogP contribution is -2.30. The van der Waals surface area contributed by atoms with Gasteiger partial charge in [0, 0.05) is 39.5 Å². The summed E-state index contributed by atoms with van der Waals surface area (Å²) in [5.74, 6) is 1.17. The summed E-state index contributed by atoms with van der Waals surface area (Å²) in [6.45, 7) is 4.79. The summed E-state index contributed by atoms with van der Waals surface area (Å²) >= 11 is 1.38. The van der Waals surface area contributed by atoms with Crippen LogP contribution in [0.25, 0.3) is 17.4 Å². The Kier molecular flexibility index (Phi) is 9.92. The van der Waals surface area contributed by atoms with Gasteiger partial charge in [0.2, 0.25) is 5.91 Å². The van der Waals surface area contributed by atoms with Gasteiger partial charge in [0.25, 0.3) is 11.8 Å². The van der Waals surface area contributed by atoms with Crippen LogP contribution in [0.4, 0.5) is 11.4 Å². The SMILES string of the molecule is Cc1ccc(-c2ccc(C=C(NC(=O)c3ccccc3)C(=O)Nc3ccc(SC(C)C(=O)Nc4ccc5c(c4)OCCO5)cc3)o2)cc1. The molecule has 1 aromatic heterocycles. The van der Waals surface area contributed by atoms with Gasteiger partial charge in [-0.3, -0.25) is 14.4 Å². The Labute approximate surface area is 282 Å². The predicted molar refractivity (Wildman–Crippen MR) is 187 cm³/mol. The van der Waals surface area contributed by atoms with Crippen LogP contribution in [-0.4, -0.2) is 36.2 Å². The Morgan fingerprint density at radius 3 is 2.23 bits per heavy atom. The van der Waals surface area contributed by atoms with Gasteiger partial charge in [-0.05, 0) is 74.5 Å². The van der Waals surface area contributed by atoms with Crippen LogP contribution in [0.5, 0.6) is 11.5 Å². The molecule has 10 heteroatoms. The van der Waals surface area contributed by atoms with Crippen molar-refractivity contribution in [3.8, 4) is 22.8 Å². The van der Waals surface area contributed by atoms with E-state index in [9.17, 15) is 14.4 Å². The van der Waals surface area contributed by atoms with E-state index < -0.39 is 17.1 Å². The van der Waals surface area contributed by atoms with Gasteiger partial charge in [-0.25, -0.2) is 0 Å². The van der Waals surface area contributed by atoms with E-state index in [1.54, 1.807) is 60.7 Å². The first-order chi connectivity index (χ1) is 23.3. The number of carbonyl (C=O) groups is 3. The number of hydrogen-bond donors (Lipinski definition) is 3. The highest BCUT2D eigenvalue weighted by Crippen LogP contribution is 2.33. The standard InChI is InChI=1S/C38H33N3O6S/c1-24-8-10-26(11-9-24)33-19-15-30(47-33)23-32(41-37(43)27-6-4-3-5-7-27)38(44)39-28-12-16-31(17-13-28)48-25(2)36(42)40-29-14-18-34-35(22-29)46-21-20-45-34/h3-19,22-23,25H,20-21H2,1-2H3,(H,39,44)(H,40,42)(H,41,43). The smallest absolute Gasteiger partial charge is 0.272 e. The number of furan rings is 1. The first-order valence-electron chi connectivity index (χ1n) is 15.3. The van der Waals surface area contributed by atoms with Crippen LogP contribution in [0.1, 0.15) is 28.6 Å². The van der Waals surface area contributed by atoms with Crippen LogP contribution in [0, 0.1) is 6.92 Å². The van der Waals surface area contributed by atoms with Crippen molar-refractivity contribution in [2.75, 3.05) is 23.8 Å². The Bertz CT molecular complexity index is 1950. The fourth-order valence-corrected chi connectivity index (χ4v) is 5.69. The molecule has 2 heterocycles. The molecule has 1 aliphatic rings. The fraction of sp³-hybridized carbons (Fsp3) is 0.132. The lowest BCUT2D eigenvalue weighted by Gasteiger charge is -2.19. The molecule has 1 atom stereocenters. The highest BCUT2D eigenvalue weighted by atomic mass is 32.2. The Morgan fingerprint density at radius 2 is 1.48 bits per heavy atom. The number of rotatable bonds is 10. The highest BCUT2D eigenvalue weighted by Gasteiger charge is 2.19. The Balaban J connectivity index is 1.12. The first kappa shape index (κ1) is 32.2. The molecule has 0 spiro atoms. The molecule has 0 aliphatic carbocycles. The Hall–Kier alpha value is -5.74. The predicted octanol–water partition coefficient (Wildman–Crippen LogP) is 7.56. The van der Waals surface area contributed by atoms with E-state index >= 15 is 0 Å². The molecule has 6 rings (SSSR count). The van der Waals surface area contributed by atoms with Gasteiger partial charge >= 0.3 is 0 Å². The van der Waals surface area contributed by atoms with Gasteiger partial charge in [0.15, 0.2) is 11.5 Å². The van der Waals surface area contributed by atoms with E-state index in [0.717, 1.165) is 16.0 Å². The van der Waals surface area contributed by atoms with Gasteiger partial charge in [0.05, 0.1) is 5.25 Å². The second-order valence-electron chi connectivity index (χ2n) is 11.0. The van der Waals surface area contributed by atoms with Crippen LogP contribution >= 0.6 is 11.8 Å². The largest absolute Gasteiger partial charge is 0.486 e. The summed E-state index contributed by atoms with van der Waals surface area (Å²) in [4.78, 5) is 40.3. The van der Waals surface area contributed by atoms with Crippen molar-refractivity contribution in [1.82, 2.24) is 5.32 Å². The maximum Gasteiger partial charge on any atom is 0.272 e. The van der Waals surface area contributed by atoms with Crippen molar-refractivity contribution in [3.05, 3.63) is 132 Å². The van der Waals surface area contributed by atoms with E-state index in [1.165, 1.54) is 17.8 Å². The number of anilines is 2. The molecule has 0 fully saturated rings. The first-order valence-corrected chi connectivity index (χ1v) is 16.2. The molecule has 0 saturated heterocycles. The molecule has 4 aromatic carbocycles. The maximum atomic E-state index is 13.5. The zero-order chi connectivity index (χ0) is 33.5. The second-order valence-corrected chi connectivity index (χ2v) is 12.4. The van der Waals surface area contributed by atoms with Crippen LogP contribution in [0.15, 0.2) is 124 Å². The molecule has 5 aromatic rings. The Morgan fingerprint density at radius 1 is 0.771 bits per heavy atom. The van der Waals surface area contributed by atoms with Crippen LogP contribution < -0.4 is 25.4 Å². The van der Waals surface area contributed by atoms with E-state index in [2.05, 4.69) is 16.0 Å². The zero-order valence-corrected chi connectivity index (χ0v) is 27.1. The highest BCUT2D eigenvalue weighted by molar-refractivity contribution is 8.00. The lowest BCUT2D eigenvalue weighted by atomic mass is 10.1. The van der Waals surface area contributed by atoms with Gasteiger partial charge in [-0.1, -0.05) is 48.0 Å². The normalized spacial score (nSPS) is 12.9. The summed E-state index contributed by atoms with van der Waals surface area (Å²) < 4.78 is 17.2. The average molecular weight is 660 g/mol. The number of thioether (sulfide) groups is 1. The summed E-state index contributed by atoms with van der Waals surface area (Å²) in [7, 11) is 0. The van der Waals surface area contributed by atoms with Crippen LogP contribution in [-0.2, 0) is 9.59 Å². The summed E-state index contributed by atoms with van der Waals surface area (Å²) in [5.41, 5.74) is 3.58. The number of nitrogens with one attached hydrogen (secondary N) is 3. The number of aryl methyl sites for hydroxylation is 1. The molecule has 3 N–H and O–H groups in total. The molecular formula is C38H33N3O6S. The van der Waals surface area contributed by atoms with Crippen molar-refractivity contribution in [2.45, 2.75) is 24.0 Å². The van der Waals surface area contributed by atoms with Crippen molar-refractivity contribution in [2.24, 2.45) is 0 Å². The third-order valence-electron chi connectivity index (χ3n) is 7.38. The van der Waals surface area contributed by atoms with Gasteiger partial charge in [0.1, 0.15) is 30.4 Å². The number of ether oxygens (including phenoxy) is 2. The number of hydrogen-bond acceptors (Lipinski definition) is 7. The number of carbonyl (C=O) groups excluding carboxylic acids is 3. The molecule has 1 unspecified atom stereocenters. The molecule has 1 aliphatic heterocycles. The van der Waals surface area contributed by atoms with Gasteiger partial charge < -0.3 is 29.8 Å². The van der Waals surface area contributed by atoms with Gasteiger partial charge in [-0.15, -0.1) is 11.8 Å². The van der Waals surface area contributed by atoms with E-state index in [-0.39, 0.29) is 11.6 Å². The molecular weight excluding hydrogens is 627 g/mol. The second kappa shape index (κ2) is 14.8. The molecule has 242 valence electrons. The molecule has 0 saturated carbocycles. The number of amides is 3. The van der Waals surface area contributed by atoms with Crippen LogP contribution in [0.3, 0.4) is 0 Å². The monoisotopic (exact) mass is 659 g/mol. The zero-order valence-electron chi connectivity index (χ0n) is 26.3. The molecule has 48 heavy (non-hydrogen) atoms. The van der Waals surface area contributed by atoms with Crippen LogP contribution in [0.2, 0.25) is 0 Å². The quantitative estimate of drug-likeness (QED) is 0.105. The number of fused-ring (bicyclic) bond motifs is 1. The lowest BCUT2D eigenvalue weighted by molar-refractivity contribution is -0.115. The van der Waals surface area contributed by atoms with Crippen molar-refractivity contribution >= 4 is 46.9 Å². The fourth-order valence-electron chi connectivity index (χ4n) is 4.83. The third kappa shape index (κ3) is 8.15. The summed E-state index contributed by atoms with van der Waals surface area (Å²) in [5, 5.41) is 8.10.